The lowest BCUT2D eigenvalue weighted by Gasteiger charge is -2.07. The summed E-state index contributed by atoms with van der Waals surface area (Å²) in [6.45, 7) is 0. The van der Waals surface area contributed by atoms with Crippen LogP contribution in [-0.2, 0) is 20.4 Å². The number of nitro benzene ring substituents is 1. The number of carbonyl (C=O) groups is 1. The third-order valence-corrected chi connectivity index (χ3v) is 5.51. The Hall–Kier alpha value is -2.78. The van der Waals surface area contributed by atoms with Gasteiger partial charge in [0.25, 0.3) is 5.69 Å². The molecule has 0 heterocycles. The van der Waals surface area contributed by atoms with E-state index in [1.165, 1.54) is 49.7 Å². The lowest BCUT2D eigenvalue weighted by atomic mass is 10.0. The van der Waals surface area contributed by atoms with Gasteiger partial charge in [-0.25, -0.2) is 8.42 Å². The molecule has 0 saturated heterocycles. The van der Waals surface area contributed by atoms with Crippen molar-refractivity contribution in [3.8, 4) is 0 Å². The maximum atomic E-state index is 12.6. The first-order valence-electron chi connectivity index (χ1n) is 7.58. The van der Waals surface area contributed by atoms with Gasteiger partial charge >= 0.3 is 0 Å². The summed E-state index contributed by atoms with van der Waals surface area (Å²) in [5.74, 6) is -1.01. The molecule has 0 unspecified atom stereocenters. The van der Waals surface area contributed by atoms with Gasteiger partial charge in [0.15, 0.2) is 15.6 Å². The molecular weight excluding hydrogens is 396 g/mol. The molecule has 0 aliphatic carbocycles. The molecule has 0 radical (unpaired) electrons. The first-order chi connectivity index (χ1) is 12.7. The molecular formula is C17H15ClN2O6S. The van der Waals surface area contributed by atoms with E-state index in [1.807, 2.05) is 0 Å². The van der Waals surface area contributed by atoms with Crippen molar-refractivity contribution in [2.75, 3.05) is 7.11 Å². The zero-order valence-corrected chi connectivity index (χ0v) is 15.7. The van der Waals surface area contributed by atoms with Crippen molar-refractivity contribution in [2.24, 2.45) is 5.16 Å². The summed E-state index contributed by atoms with van der Waals surface area (Å²) < 4.78 is 25.2. The van der Waals surface area contributed by atoms with E-state index in [0.717, 1.165) is 6.07 Å². The first kappa shape index (κ1) is 20.5. The quantitative estimate of drug-likeness (QED) is 0.285. The summed E-state index contributed by atoms with van der Waals surface area (Å²) in [7, 11) is -2.54. The van der Waals surface area contributed by atoms with Gasteiger partial charge in [-0.1, -0.05) is 16.8 Å². The van der Waals surface area contributed by atoms with Crippen molar-refractivity contribution in [2.45, 2.75) is 17.1 Å². The van der Waals surface area contributed by atoms with Crippen LogP contribution < -0.4 is 0 Å². The molecule has 0 aromatic heterocycles. The number of sulfone groups is 1. The second-order valence-corrected chi connectivity index (χ2v) is 7.84. The van der Waals surface area contributed by atoms with Gasteiger partial charge in [-0.2, -0.15) is 0 Å². The second kappa shape index (κ2) is 8.74. The van der Waals surface area contributed by atoms with Gasteiger partial charge in [-0.05, 0) is 36.4 Å². The number of halogens is 1. The summed E-state index contributed by atoms with van der Waals surface area (Å²) in [6.07, 6.45) is 1.16. The van der Waals surface area contributed by atoms with Crippen molar-refractivity contribution in [1.29, 1.82) is 0 Å². The van der Waals surface area contributed by atoms with Crippen molar-refractivity contribution >= 4 is 39.1 Å². The fourth-order valence-corrected chi connectivity index (χ4v) is 3.78. The van der Waals surface area contributed by atoms with E-state index >= 15 is 0 Å². The van der Waals surface area contributed by atoms with Gasteiger partial charge in [0.05, 0.1) is 21.8 Å². The van der Waals surface area contributed by atoms with Crippen molar-refractivity contribution in [1.82, 2.24) is 0 Å². The highest BCUT2D eigenvalue weighted by Gasteiger charge is 2.23. The molecule has 142 valence electrons. The van der Waals surface area contributed by atoms with Gasteiger partial charge in [0.1, 0.15) is 7.11 Å². The number of hydrogen-bond acceptors (Lipinski definition) is 7. The molecule has 8 nitrogen and oxygen atoms in total. The predicted molar refractivity (Wildman–Crippen MR) is 99.9 cm³/mol. The Kier molecular flexibility index (Phi) is 6.65. The van der Waals surface area contributed by atoms with E-state index < -0.39 is 20.5 Å². The lowest BCUT2D eigenvalue weighted by Crippen LogP contribution is -2.09. The van der Waals surface area contributed by atoms with Crippen LogP contribution >= 0.6 is 11.6 Å². The van der Waals surface area contributed by atoms with Crippen LogP contribution in [0.2, 0.25) is 5.02 Å². The van der Waals surface area contributed by atoms with E-state index in [1.54, 1.807) is 0 Å². The molecule has 0 spiro atoms. The van der Waals surface area contributed by atoms with Crippen molar-refractivity contribution < 1.29 is 23.0 Å². The molecule has 27 heavy (non-hydrogen) atoms. The minimum absolute atomic E-state index is 0.0230. The zero-order chi connectivity index (χ0) is 20.0. The Morgan fingerprint density at radius 3 is 2.52 bits per heavy atom. The van der Waals surface area contributed by atoms with Gasteiger partial charge in [0.2, 0.25) is 0 Å². The number of nitro groups is 1. The number of nitrogens with zero attached hydrogens (tertiary/aromatic N) is 2. The average Bonchev–Trinajstić information content (AvgIpc) is 2.61. The van der Waals surface area contributed by atoms with E-state index in [2.05, 4.69) is 9.99 Å². The fourth-order valence-electron chi connectivity index (χ4n) is 2.30. The SMILES string of the molecule is CO/N=C\CC(=O)c1ccc([N+](=O)[O-])c(CS(=O)(=O)c2ccc(Cl)cc2)c1. The molecule has 0 N–H and O–H groups in total. The molecule has 10 heteroatoms. The van der Waals surface area contributed by atoms with Crippen LogP contribution in [0.4, 0.5) is 5.69 Å². The van der Waals surface area contributed by atoms with Gasteiger partial charge < -0.3 is 4.84 Å². The third kappa shape index (κ3) is 5.35. The summed E-state index contributed by atoms with van der Waals surface area (Å²) in [5, 5.41) is 15.1. The van der Waals surface area contributed by atoms with Crippen LogP contribution in [0.1, 0.15) is 22.3 Å². The number of rotatable bonds is 8. The van der Waals surface area contributed by atoms with Crippen LogP contribution in [-0.4, -0.2) is 32.4 Å². The monoisotopic (exact) mass is 410 g/mol. The maximum absolute atomic E-state index is 12.6. The maximum Gasteiger partial charge on any atom is 0.273 e. The highest BCUT2D eigenvalue weighted by molar-refractivity contribution is 7.90. The fraction of sp³-hybridized carbons (Fsp3) is 0.176. The molecule has 0 saturated carbocycles. The first-order valence-corrected chi connectivity index (χ1v) is 9.61. The van der Waals surface area contributed by atoms with E-state index in [9.17, 15) is 23.3 Å². The van der Waals surface area contributed by atoms with E-state index in [4.69, 9.17) is 11.6 Å². The van der Waals surface area contributed by atoms with E-state index in [-0.39, 0.29) is 33.9 Å². The number of ketones is 1. The Labute approximate surface area is 160 Å². The zero-order valence-electron chi connectivity index (χ0n) is 14.2. The minimum atomic E-state index is -3.87. The Balaban J connectivity index is 2.39. The topological polar surface area (TPSA) is 116 Å². The van der Waals surface area contributed by atoms with Crippen LogP contribution in [0.3, 0.4) is 0 Å². The molecule has 0 bridgehead atoms. The molecule has 2 aromatic rings. The van der Waals surface area contributed by atoms with Gasteiger partial charge in [0, 0.05) is 28.6 Å². The summed E-state index contributed by atoms with van der Waals surface area (Å²) in [6, 6.07) is 9.08. The highest BCUT2D eigenvalue weighted by atomic mass is 35.5. The standard InChI is InChI=1S/C17H15ClN2O6S/c1-26-19-9-8-17(21)12-2-7-16(20(22)23)13(10-12)11-27(24,25)15-5-3-14(18)4-6-15/h2-7,9-10H,8,11H2,1H3/b19-9-. The summed E-state index contributed by atoms with van der Waals surface area (Å²) in [4.78, 5) is 27.2. The smallest absolute Gasteiger partial charge is 0.273 e. The van der Waals surface area contributed by atoms with Crippen LogP contribution in [0.5, 0.6) is 0 Å². The Bertz CT molecular complexity index is 987. The average molecular weight is 411 g/mol. The molecule has 0 amide bonds. The second-order valence-electron chi connectivity index (χ2n) is 5.41. The van der Waals surface area contributed by atoms with Gasteiger partial charge in [-0.15, -0.1) is 0 Å². The molecule has 0 atom stereocenters. The van der Waals surface area contributed by atoms with Crippen LogP contribution in [0.25, 0.3) is 0 Å². The number of benzene rings is 2. The Morgan fingerprint density at radius 2 is 1.93 bits per heavy atom. The van der Waals surface area contributed by atoms with E-state index in [0.29, 0.717) is 5.02 Å². The molecule has 0 aliphatic rings. The van der Waals surface area contributed by atoms with Crippen molar-refractivity contribution in [3.05, 3.63) is 68.7 Å². The Morgan fingerprint density at radius 1 is 1.26 bits per heavy atom. The predicted octanol–water partition coefficient (Wildman–Crippen LogP) is 3.43. The molecule has 0 aliphatic heterocycles. The third-order valence-electron chi connectivity index (χ3n) is 3.57. The summed E-state index contributed by atoms with van der Waals surface area (Å²) in [5.41, 5.74) is -0.316. The van der Waals surface area contributed by atoms with Crippen LogP contribution in [0, 0.1) is 10.1 Å². The number of Topliss-reactive ketones (excluding diaryl/α,β-unsaturated/α-hetero) is 1. The molecule has 2 rings (SSSR count). The minimum Gasteiger partial charge on any atom is -0.399 e. The summed E-state index contributed by atoms with van der Waals surface area (Å²) >= 11 is 5.76. The molecule has 2 aromatic carbocycles. The number of hydrogen-bond donors (Lipinski definition) is 0. The highest BCUT2D eigenvalue weighted by Crippen LogP contribution is 2.26. The van der Waals surface area contributed by atoms with Crippen LogP contribution in [0.15, 0.2) is 52.5 Å². The van der Waals surface area contributed by atoms with Gasteiger partial charge in [-0.3, -0.25) is 14.9 Å². The molecule has 0 fully saturated rings. The largest absolute Gasteiger partial charge is 0.399 e. The number of oxime groups is 1. The normalized spacial score (nSPS) is 11.5. The van der Waals surface area contributed by atoms with Crippen molar-refractivity contribution in [3.63, 3.8) is 0 Å². The lowest BCUT2D eigenvalue weighted by molar-refractivity contribution is -0.385. The number of carbonyl (C=O) groups excluding carboxylic acids is 1.